The van der Waals surface area contributed by atoms with Gasteiger partial charge in [0.1, 0.15) is 5.76 Å². The summed E-state index contributed by atoms with van der Waals surface area (Å²) in [6.07, 6.45) is 6.32. The summed E-state index contributed by atoms with van der Waals surface area (Å²) < 4.78 is 5.25. The van der Waals surface area contributed by atoms with Gasteiger partial charge >= 0.3 is 0 Å². The lowest BCUT2D eigenvalue weighted by atomic mass is 10.1. The molecule has 0 aliphatic rings. The minimum Gasteiger partial charge on any atom is -0.468 e. The van der Waals surface area contributed by atoms with E-state index in [-0.39, 0.29) is 0 Å². The fourth-order valence-corrected chi connectivity index (χ4v) is 1.41. The minimum absolute atomic E-state index is 0.533. The molecule has 1 aromatic heterocycles. The molecule has 0 fully saturated rings. The number of rotatable bonds is 6. The van der Waals surface area contributed by atoms with Gasteiger partial charge in [0, 0.05) is 6.04 Å². The topological polar surface area (TPSA) is 25.2 Å². The summed E-state index contributed by atoms with van der Waals surface area (Å²) in [4.78, 5) is 0. The van der Waals surface area contributed by atoms with Crippen molar-refractivity contribution in [3.05, 3.63) is 35.8 Å². The van der Waals surface area contributed by atoms with E-state index < -0.39 is 0 Å². The van der Waals surface area contributed by atoms with Crippen molar-refractivity contribution in [3.63, 3.8) is 0 Å². The number of allylic oxidation sites excluding steroid dienone is 2. The number of hydrogen-bond acceptors (Lipinski definition) is 2. The van der Waals surface area contributed by atoms with E-state index >= 15 is 0 Å². The molecule has 1 atom stereocenters. The van der Waals surface area contributed by atoms with Crippen LogP contribution in [0.25, 0.3) is 0 Å². The molecule has 1 N–H and O–H groups in total. The van der Waals surface area contributed by atoms with Gasteiger partial charge in [-0.3, -0.25) is 0 Å². The van der Waals surface area contributed by atoms with E-state index in [1.165, 1.54) is 12.0 Å². The Morgan fingerprint density at radius 3 is 2.93 bits per heavy atom. The maximum absolute atomic E-state index is 5.25. The van der Waals surface area contributed by atoms with Crippen LogP contribution in [-0.4, -0.2) is 6.04 Å². The average Bonchev–Trinajstić information content (AvgIpc) is 2.66. The van der Waals surface area contributed by atoms with Gasteiger partial charge in [-0.2, -0.15) is 0 Å². The fourth-order valence-electron chi connectivity index (χ4n) is 1.41. The lowest BCUT2D eigenvalue weighted by Crippen LogP contribution is -2.24. The Morgan fingerprint density at radius 2 is 2.33 bits per heavy atom. The van der Waals surface area contributed by atoms with Gasteiger partial charge < -0.3 is 9.73 Å². The Bertz CT molecular complexity index is 283. The van der Waals surface area contributed by atoms with Crippen molar-refractivity contribution in [1.82, 2.24) is 5.32 Å². The second-order valence-electron chi connectivity index (χ2n) is 4.22. The lowest BCUT2D eigenvalue weighted by molar-refractivity contribution is 0.445. The molecule has 0 saturated heterocycles. The summed E-state index contributed by atoms with van der Waals surface area (Å²) in [6.45, 7) is 7.31. The van der Waals surface area contributed by atoms with Crippen LogP contribution in [0.5, 0.6) is 0 Å². The van der Waals surface area contributed by atoms with Crippen LogP contribution in [-0.2, 0) is 6.54 Å². The van der Waals surface area contributed by atoms with E-state index in [2.05, 4.69) is 32.2 Å². The van der Waals surface area contributed by atoms with Crippen molar-refractivity contribution >= 4 is 0 Å². The van der Waals surface area contributed by atoms with Gasteiger partial charge in [0.15, 0.2) is 0 Å². The highest BCUT2D eigenvalue weighted by Gasteiger charge is 2.01. The fraction of sp³-hybridized carbons (Fsp3) is 0.538. The second kappa shape index (κ2) is 6.46. The monoisotopic (exact) mass is 207 g/mol. The summed E-state index contributed by atoms with van der Waals surface area (Å²) in [6, 6.07) is 4.45. The summed E-state index contributed by atoms with van der Waals surface area (Å²) in [7, 11) is 0. The van der Waals surface area contributed by atoms with Crippen LogP contribution in [0.1, 0.15) is 39.4 Å². The van der Waals surface area contributed by atoms with E-state index in [1.807, 2.05) is 12.1 Å². The third-order valence-electron chi connectivity index (χ3n) is 2.36. The number of furan rings is 1. The quantitative estimate of drug-likeness (QED) is 0.722. The van der Waals surface area contributed by atoms with Crippen molar-refractivity contribution in [2.75, 3.05) is 0 Å². The molecule has 0 amide bonds. The van der Waals surface area contributed by atoms with Crippen LogP contribution in [0.15, 0.2) is 34.5 Å². The molecule has 0 aliphatic carbocycles. The zero-order valence-corrected chi connectivity index (χ0v) is 9.92. The molecule has 15 heavy (non-hydrogen) atoms. The van der Waals surface area contributed by atoms with Crippen molar-refractivity contribution in [2.24, 2.45) is 0 Å². The lowest BCUT2D eigenvalue weighted by Gasteiger charge is -2.11. The van der Waals surface area contributed by atoms with Crippen LogP contribution < -0.4 is 5.32 Å². The Morgan fingerprint density at radius 1 is 1.53 bits per heavy atom. The maximum atomic E-state index is 5.25. The third-order valence-corrected chi connectivity index (χ3v) is 2.36. The van der Waals surface area contributed by atoms with E-state index in [4.69, 9.17) is 4.42 Å². The molecule has 1 aromatic rings. The predicted molar refractivity (Wildman–Crippen MR) is 63.7 cm³/mol. The molecule has 0 bridgehead atoms. The van der Waals surface area contributed by atoms with E-state index in [1.54, 1.807) is 6.26 Å². The first-order valence-corrected chi connectivity index (χ1v) is 5.57. The van der Waals surface area contributed by atoms with Crippen LogP contribution in [0.3, 0.4) is 0 Å². The van der Waals surface area contributed by atoms with Gasteiger partial charge in [0.2, 0.25) is 0 Å². The summed E-state index contributed by atoms with van der Waals surface area (Å²) in [5, 5.41) is 3.44. The summed E-state index contributed by atoms with van der Waals surface area (Å²) >= 11 is 0. The molecule has 0 radical (unpaired) electrons. The molecule has 1 rings (SSSR count). The molecule has 0 aliphatic heterocycles. The molecule has 0 spiro atoms. The third kappa shape index (κ3) is 5.43. The smallest absolute Gasteiger partial charge is 0.117 e. The highest BCUT2D eigenvalue weighted by Crippen LogP contribution is 2.04. The predicted octanol–water partition coefficient (Wildman–Crippen LogP) is 3.50. The molecule has 2 heteroatoms. The normalized spacial score (nSPS) is 12.5. The van der Waals surface area contributed by atoms with Gasteiger partial charge in [0.05, 0.1) is 12.8 Å². The largest absolute Gasteiger partial charge is 0.468 e. The number of hydrogen-bond donors (Lipinski definition) is 1. The zero-order valence-electron chi connectivity index (χ0n) is 9.92. The molecule has 1 unspecified atom stereocenters. The summed E-state index contributed by atoms with van der Waals surface area (Å²) in [5.74, 6) is 1.00. The van der Waals surface area contributed by atoms with Gasteiger partial charge in [-0.25, -0.2) is 0 Å². The minimum atomic E-state index is 0.533. The Kier molecular flexibility index (Phi) is 5.19. The van der Waals surface area contributed by atoms with Crippen LogP contribution in [0, 0.1) is 0 Å². The van der Waals surface area contributed by atoms with Crippen LogP contribution in [0.4, 0.5) is 0 Å². The highest BCUT2D eigenvalue weighted by molar-refractivity contribution is 4.98. The standard InChI is InChI=1S/C13H21NO/c1-11(2)6-4-7-12(3)14-10-13-8-5-9-15-13/h5-6,8-9,12,14H,4,7,10H2,1-3H3. The molecular weight excluding hydrogens is 186 g/mol. The maximum Gasteiger partial charge on any atom is 0.117 e. The van der Waals surface area contributed by atoms with Crippen molar-refractivity contribution in [3.8, 4) is 0 Å². The summed E-state index contributed by atoms with van der Waals surface area (Å²) in [5.41, 5.74) is 1.40. The Labute approximate surface area is 92.4 Å². The van der Waals surface area contributed by atoms with Crippen molar-refractivity contribution < 1.29 is 4.42 Å². The van der Waals surface area contributed by atoms with E-state index in [9.17, 15) is 0 Å². The first-order valence-electron chi connectivity index (χ1n) is 5.57. The molecule has 0 saturated carbocycles. The molecular formula is C13H21NO. The van der Waals surface area contributed by atoms with Crippen LogP contribution >= 0.6 is 0 Å². The first-order chi connectivity index (χ1) is 7.18. The van der Waals surface area contributed by atoms with E-state index in [0.29, 0.717) is 6.04 Å². The molecule has 2 nitrogen and oxygen atoms in total. The average molecular weight is 207 g/mol. The zero-order chi connectivity index (χ0) is 11.1. The van der Waals surface area contributed by atoms with Gasteiger partial charge in [-0.05, 0) is 45.7 Å². The van der Waals surface area contributed by atoms with Crippen LogP contribution in [0.2, 0.25) is 0 Å². The Hall–Kier alpha value is -1.02. The van der Waals surface area contributed by atoms with Gasteiger partial charge in [-0.1, -0.05) is 11.6 Å². The van der Waals surface area contributed by atoms with Crippen molar-refractivity contribution in [1.29, 1.82) is 0 Å². The van der Waals surface area contributed by atoms with E-state index in [0.717, 1.165) is 18.7 Å². The van der Waals surface area contributed by atoms with Gasteiger partial charge in [0.25, 0.3) is 0 Å². The molecule has 0 aromatic carbocycles. The second-order valence-corrected chi connectivity index (χ2v) is 4.22. The molecule has 1 heterocycles. The molecule has 84 valence electrons. The first kappa shape index (κ1) is 12.1. The van der Waals surface area contributed by atoms with Crippen molar-refractivity contribution in [2.45, 2.75) is 46.2 Å². The highest BCUT2D eigenvalue weighted by atomic mass is 16.3. The SMILES string of the molecule is CC(C)=CCCC(C)NCc1ccco1. The van der Waals surface area contributed by atoms with Gasteiger partial charge in [-0.15, -0.1) is 0 Å². The Balaban J connectivity index is 2.14. The number of nitrogens with one attached hydrogen (secondary N) is 1.